The quantitative estimate of drug-likeness (QED) is 0.790. The minimum Gasteiger partial charge on any atom is -0.364 e. The Morgan fingerprint density at radius 1 is 1.35 bits per heavy atom. The lowest BCUT2D eigenvalue weighted by Crippen LogP contribution is -2.14. The van der Waals surface area contributed by atoms with Crippen molar-refractivity contribution in [3.8, 4) is 0 Å². The summed E-state index contributed by atoms with van der Waals surface area (Å²) in [6, 6.07) is 7.75. The van der Waals surface area contributed by atoms with E-state index in [2.05, 4.69) is 21.5 Å². The molecule has 0 bridgehead atoms. The third-order valence-corrected chi connectivity index (χ3v) is 3.44. The lowest BCUT2D eigenvalue weighted by Gasteiger charge is -2.07. The second-order valence-electron chi connectivity index (χ2n) is 4.83. The maximum Gasteiger partial charge on any atom is 0.269 e. The van der Waals surface area contributed by atoms with E-state index < -0.39 is 5.91 Å². The number of carbonyl (C=O) groups excluding carboxylic acids is 1. The molecule has 0 spiro atoms. The Morgan fingerprint density at radius 3 is 2.90 bits per heavy atom. The van der Waals surface area contributed by atoms with Crippen molar-refractivity contribution in [2.75, 3.05) is 0 Å². The molecule has 0 unspecified atom stereocenters. The van der Waals surface area contributed by atoms with Crippen LogP contribution in [0.2, 0.25) is 0 Å². The van der Waals surface area contributed by atoms with Crippen LogP contribution < -0.4 is 5.73 Å². The summed E-state index contributed by atoms with van der Waals surface area (Å²) in [7, 11) is 0. The molecule has 20 heavy (non-hydrogen) atoms. The standard InChI is InChI=1S/C15H16N4O/c1-2-3-8-19-9-17-12-13(15(16)20)18-11-7-5-4-6-10(11)14(12)19/h4-7,9H,2-3,8H2,1H3,(H2,16,20). The average molecular weight is 268 g/mol. The van der Waals surface area contributed by atoms with Gasteiger partial charge >= 0.3 is 0 Å². The summed E-state index contributed by atoms with van der Waals surface area (Å²) in [5.41, 5.74) is 7.98. The third kappa shape index (κ3) is 1.91. The van der Waals surface area contributed by atoms with Gasteiger partial charge in [-0.15, -0.1) is 0 Å². The number of amides is 1. The number of imidazole rings is 1. The van der Waals surface area contributed by atoms with Crippen molar-refractivity contribution in [3.63, 3.8) is 0 Å². The summed E-state index contributed by atoms with van der Waals surface area (Å²) in [5, 5.41) is 1.00. The topological polar surface area (TPSA) is 73.8 Å². The number of pyridine rings is 1. The van der Waals surface area contributed by atoms with Crippen molar-refractivity contribution in [1.82, 2.24) is 14.5 Å². The highest BCUT2D eigenvalue weighted by Gasteiger charge is 2.16. The lowest BCUT2D eigenvalue weighted by molar-refractivity contribution is 0.0997. The van der Waals surface area contributed by atoms with Crippen LogP contribution in [0.3, 0.4) is 0 Å². The number of primary amides is 1. The number of para-hydroxylation sites is 1. The Balaban J connectivity index is 2.36. The molecule has 0 saturated carbocycles. The minimum atomic E-state index is -0.540. The third-order valence-electron chi connectivity index (χ3n) is 3.44. The van der Waals surface area contributed by atoms with Crippen LogP contribution in [0.5, 0.6) is 0 Å². The van der Waals surface area contributed by atoms with Crippen LogP contribution in [0.1, 0.15) is 30.3 Å². The van der Waals surface area contributed by atoms with E-state index in [9.17, 15) is 4.79 Å². The summed E-state index contributed by atoms with van der Waals surface area (Å²) in [6.45, 7) is 3.02. The van der Waals surface area contributed by atoms with Gasteiger partial charge in [-0.1, -0.05) is 31.5 Å². The van der Waals surface area contributed by atoms with E-state index in [1.165, 1.54) is 0 Å². The van der Waals surface area contributed by atoms with E-state index in [1.807, 2.05) is 24.3 Å². The fourth-order valence-corrected chi connectivity index (χ4v) is 2.45. The predicted octanol–water partition coefficient (Wildman–Crippen LogP) is 2.48. The molecule has 0 atom stereocenters. The molecule has 2 aromatic heterocycles. The van der Waals surface area contributed by atoms with Crippen LogP contribution in [-0.2, 0) is 6.54 Å². The molecule has 3 aromatic rings. The molecular formula is C15H16N4O. The molecular weight excluding hydrogens is 252 g/mol. The Hall–Kier alpha value is -2.43. The van der Waals surface area contributed by atoms with Crippen molar-refractivity contribution in [2.45, 2.75) is 26.3 Å². The smallest absolute Gasteiger partial charge is 0.269 e. The summed E-state index contributed by atoms with van der Waals surface area (Å²) < 4.78 is 2.08. The highest BCUT2D eigenvalue weighted by molar-refractivity contribution is 6.11. The van der Waals surface area contributed by atoms with E-state index in [0.717, 1.165) is 35.8 Å². The first-order chi connectivity index (χ1) is 9.72. The molecule has 0 aliphatic rings. The molecule has 5 nitrogen and oxygen atoms in total. The summed E-state index contributed by atoms with van der Waals surface area (Å²) in [6.07, 6.45) is 3.93. The van der Waals surface area contributed by atoms with Crippen molar-refractivity contribution < 1.29 is 4.79 Å². The normalized spacial score (nSPS) is 11.2. The van der Waals surface area contributed by atoms with Crippen LogP contribution in [0.4, 0.5) is 0 Å². The zero-order valence-corrected chi connectivity index (χ0v) is 11.3. The van der Waals surface area contributed by atoms with Gasteiger partial charge in [-0.2, -0.15) is 0 Å². The molecule has 1 aromatic carbocycles. The van der Waals surface area contributed by atoms with E-state index in [1.54, 1.807) is 6.33 Å². The van der Waals surface area contributed by atoms with Crippen molar-refractivity contribution in [2.24, 2.45) is 5.73 Å². The van der Waals surface area contributed by atoms with Gasteiger partial charge in [0.25, 0.3) is 5.91 Å². The van der Waals surface area contributed by atoms with Gasteiger partial charge in [0.1, 0.15) is 5.52 Å². The second-order valence-corrected chi connectivity index (χ2v) is 4.83. The van der Waals surface area contributed by atoms with Crippen molar-refractivity contribution in [1.29, 1.82) is 0 Å². The van der Waals surface area contributed by atoms with Gasteiger partial charge in [0.15, 0.2) is 5.69 Å². The second kappa shape index (κ2) is 4.92. The van der Waals surface area contributed by atoms with Crippen LogP contribution in [0, 0.1) is 0 Å². The zero-order chi connectivity index (χ0) is 14.1. The molecule has 2 heterocycles. The maximum absolute atomic E-state index is 11.6. The predicted molar refractivity (Wildman–Crippen MR) is 78.5 cm³/mol. The molecule has 0 fully saturated rings. The first-order valence-corrected chi connectivity index (χ1v) is 6.75. The van der Waals surface area contributed by atoms with E-state index in [-0.39, 0.29) is 5.69 Å². The fraction of sp³-hybridized carbons (Fsp3) is 0.267. The number of nitrogens with two attached hydrogens (primary N) is 1. The molecule has 0 radical (unpaired) electrons. The van der Waals surface area contributed by atoms with Crippen LogP contribution >= 0.6 is 0 Å². The van der Waals surface area contributed by atoms with Gasteiger partial charge in [0, 0.05) is 11.9 Å². The number of aromatic nitrogens is 3. The number of hydrogen-bond acceptors (Lipinski definition) is 3. The van der Waals surface area contributed by atoms with Crippen LogP contribution in [-0.4, -0.2) is 20.4 Å². The first kappa shape index (κ1) is 12.6. The Labute approximate surface area is 116 Å². The summed E-state index contributed by atoms with van der Waals surface area (Å²) >= 11 is 0. The van der Waals surface area contributed by atoms with Gasteiger partial charge in [-0.3, -0.25) is 4.79 Å². The number of benzene rings is 1. The van der Waals surface area contributed by atoms with E-state index >= 15 is 0 Å². The van der Waals surface area contributed by atoms with Gasteiger partial charge in [-0.25, -0.2) is 9.97 Å². The number of unbranched alkanes of at least 4 members (excludes halogenated alkanes) is 1. The van der Waals surface area contributed by atoms with E-state index in [0.29, 0.717) is 5.52 Å². The van der Waals surface area contributed by atoms with Gasteiger partial charge in [-0.05, 0) is 12.5 Å². The number of carbonyl (C=O) groups is 1. The van der Waals surface area contributed by atoms with Gasteiger partial charge < -0.3 is 10.3 Å². The molecule has 3 rings (SSSR count). The average Bonchev–Trinajstić information content (AvgIpc) is 2.88. The molecule has 1 amide bonds. The fourth-order valence-electron chi connectivity index (χ4n) is 2.45. The van der Waals surface area contributed by atoms with E-state index in [4.69, 9.17) is 5.73 Å². The number of rotatable bonds is 4. The summed E-state index contributed by atoms with van der Waals surface area (Å²) in [5.74, 6) is -0.540. The minimum absolute atomic E-state index is 0.244. The Kier molecular flexibility index (Phi) is 3.10. The molecule has 0 saturated heterocycles. The number of fused-ring (bicyclic) bond motifs is 3. The van der Waals surface area contributed by atoms with Crippen molar-refractivity contribution >= 4 is 27.8 Å². The van der Waals surface area contributed by atoms with Crippen LogP contribution in [0.25, 0.3) is 21.9 Å². The number of nitrogens with zero attached hydrogens (tertiary/aromatic N) is 3. The Morgan fingerprint density at radius 2 is 2.15 bits per heavy atom. The van der Waals surface area contributed by atoms with Gasteiger partial charge in [0.2, 0.25) is 0 Å². The lowest BCUT2D eigenvalue weighted by atomic mass is 10.1. The molecule has 102 valence electrons. The highest BCUT2D eigenvalue weighted by atomic mass is 16.1. The van der Waals surface area contributed by atoms with Gasteiger partial charge in [0.05, 0.1) is 17.4 Å². The SMILES string of the molecule is CCCCn1cnc2c(C(N)=O)nc3ccccc3c21. The van der Waals surface area contributed by atoms with Crippen LogP contribution in [0.15, 0.2) is 30.6 Å². The molecule has 0 aliphatic heterocycles. The maximum atomic E-state index is 11.6. The number of hydrogen-bond donors (Lipinski definition) is 1. The number of aryl methyl sites for hydroxylation is 1. The molecule has 0 aliphatic carbocycles. The van der Waals surface area contributed by atoms with Crippen molar-refractivity contribution in [3.05, 3.63) is 36.3 Å². The Bertz CT molecular complexity index is 791. The zero-order valence-electron chi connectivity index (χ0n) is 11.3. The summed E-state index contributed by atoms with van der Waals surface area (Å²) in [4.78, 5) is 20.3. The monoisotopic (exact) mass is 268 g/mol. The largest absolute Gasteiger partial charge is 0.364 e. The molecule has 2 N–H and O–H groups in total. The first-order valence-electron chi connectivity index (χ1n) is 6.75. The molecule has 5 heteroatoms. The highest BCUT2D eigenvalue weighted by Crippen LogP contribution is 2.25.